The van der Waals surface area contributed by atoms with Gasteiger partial charge in [-0.3, -0.25) is 25.1 Å². The molecule has 44 heavy (non-hydrogen) atoms. The number of hydrogen-bond donors (Lipinski definition) is 3. The molecule has 2 aliphatic rings. The van der Waals surface area contributed by atoms with Crippen molar-refractivity contribution in [3.8, 4) is 0 Å². The first kappa shape index (κ1) is 33.8. The van der Waals surface area contributed by atoms with Gasteiger partial charge in [0, 0.05) is 29.7 Å². The van der Waals surface area contributed by atoms with Crippen LogP contribution in [0.3, 0.4) is 0 Å². The largest absolute Gasteiger partial charge is 0.351 e. The molecule has 13 heteroatoms. The van der Waals surface area contributed by atoms with Crippen LogP contribution in [0.25, 0.3) is 0 Å². The fourth-order valence-corrected chi connectivity index (χ4v) is 8.50. The zero-order chi connectivity index (χ0) is 32.3. The number of rotatable bonds is 9. The van der Waals surface area contributed by atoms with E-state index >= 15 is 0 Å². The Kier molecular flexibility index (Phi) is 10.4. The maximum atomic E-state index is 14.0. The average Bonchev–Trinajstić information content (AvgIpc) is 2.97. The van der Waals surface area contributed by atoms with Gasteiger partial charge in [0.2, 0.25) is 5.91 Å². The molecular weight excluding hydrogens is 606 g/mol. The minimum Gasteiger partial charge on any atom is -0.351 e. The molecule has 1 heterocycles. The molecule has 11 nitrogen and oxygen atoms in total. The Labute approximate surface area is 263 Å². The van der Waals surface area contributed by atoms with Crippen molar-refractivity contribution in [1.29, 1.82) is 0 Å². The number of carbonyl (C=O) groups is 2. The highest BCUT2D eigenvalue weighted by atomic mass is 35.5. The summed E-state index contributed by atoms with van der Waals surface area (Å²) in [7, 11) is -4.66. The minimum atomic E-state index is -4.66. The molecule has 1 unspecified atom stereocenters. The Bertz CT molecular complexity index is 1460. The molecule has 0 radical (unpaired) electrons. The summed E-state index contributed by atoms with van der Waals surface area (Å²) in [6.07, 6.45) is 6.22. The first-order valence-electron chi connectivity index (χ1n) is 15.0. The van der Waals surface area contributed by atoms with Crippen LogP contribution in [-0.2, 0) is 19.4 Å². The molecule has 4 N–H and O–H groups in total. The number of nitro groups is 1. The lowest BCUT2D eigenvalue weighted by Gasteiger charge is -2.47. The lowest BCUT2D eigenvalue weighted by molar-refractivity contribution is -0.387. The summed E-state index contributed by atoms with van der Waals surface area (Å²) >= 11 is 6.02. The summed E-state index contributed by atoms with van der Waals surface area (Å²) in [4.78, 5) is 38.0. The normalized spacial score (nSPS) is 19.5. The van der Waals surface area contributed by atoms with E-state index in [1.54, 1.807) is 5.01 Å². The van der Waals surface area contributed by atoms with Crippen LogP contribution in [0.1, 0.15) is 77.3 Å². The van der Waals surface area contributed by atoms with Gasteiger partial charge in [0.25, 0.3) is 11.6 Å². The van der Waals surface area contributed by atoms with Crippen molar-refractivity contribution in [3.63, 3.8) is 0 Å². The number of benzene rings is 2. The van der Waals surface area contributed by atoms with Crippen molar-refractivity contribution >= 4 is 38.9 Å². The van der Waals surface area contributed by atoms with Crippen molar-refractivity contribution in [2.45, 2.75) is 87.4 Å². The molecule has 0 spiro atoms. The summed E-state index contributed by atoms with van der Waals surface area (Å²) in [5.74, 6) is -0.666. The van der Waals surface area contributed by atoms with Gasteiger partial charge in [0.05, 0.1) is 16.4 Å². The number of amides is 2. The number of hydrazine groups is 1. The van der Waals surface area contributed by atoms with Gasteiger partial charge in [-0.05, 0) is 76.1 Å². The third-order valence-electron chi connectivity index (χ3n) is 8.79. The van der Waals surface area contributed by atoms with E-state index in [0.717, 1.165) is 44.2 Å². The molecule has 1 saturated heterocycles. The van der Waals surface area contributed by atoms with Gasteiger partial charge in [0.15, 0.2) is 15.1 Å². The van der Waals surface area contributed by atoms with Crippen LogP contribution in [0.15, 0.2) is 53.4 Å². The van der Waals surface area contributed by atoms with Crippen LogP contribution in [0.2, 0.25) is 5.02 Å². The standard InChI is InChI=1S/C31H42ClN5O6S/c1-30(2,3)34-29(39)31(22-9-5-4-6-10-22)17-19-36(20-18-31)35-28(38)27(26(33)21-13-15-23(32)16-14-21)44(42,43)25-12-8-7-11-24(25)37(40)41/h7-8,11-16,22,26-27H,4-6,9-10,17-20,33H2,1-3H3,(H,34,39)(H,35,38)/t26?,27-/m1/s1. The van der Waals surface area contributed by atoms with E-state index in [9.17, 15) is 28.1 Å². The lowest BCUT2D eigenvalue weighted by Crippen LogP contribution is -2.60. The zero-order valence-electron chi connectivity index (χ0n) is 25.4. The summed E-state index contributed by atoms with van der Waals surface area (Å²) in [6, 6.07) is 9.64. The summed E-state index contributed by atoms with van der Waals surface area (Å²) in [5, 5.41) is 15.1. The second-order valence-corrected chi connectivity index (χ2v) is 15.4. The number of nitrogens with one attached hydrogen (secondary N) is 2. The smallest absolute Gasteiger partial charge is 0.287 e. The number of para-hydroxylation sites is 1. The number of piperidine rings is 1. The Balaban J connectivity index is 1.62. The number of sulfone groups is 1. The predicted molar refractivity (Wildman–Crippen MR) is 168 cm³/mol. The molecule has 1 aliphatic heterocycles. The van der Waals surface area contributed by atoms with Crippen LogP contribution >= 0.6 is 11.6 Å². The zero-order valence-corrected chi connectivity index (χ0v) is 27.0. The molecule has 2 fully saturated rings. The van der Waals surface area contributed by atoms with E-state index in [4.69, 9.17) is 17.3 Å². The summed E-state index contributed by atoms with van der Waals surface area (Å²) < 4.78 is 28.0. The molecule has 0 bridgehead atoms. The number of nitrogens with zero attached hydrogens (tertiary/aromatic N) is 2. The van der Waals surface area contributed by atoms with E-state index in [1.165, 1.54) is 36.4 Å². The molecule has 2 amide bonds. The number of nitrogens with two attached hydrogens (primary N) is 1. The van der Waals surface area contributed by atoms with Gasteiger partial charge < -0.3 is 11.1 Å². The average molecular weight is 648 g/mol. The van der Waals surface area contributed by atoms with Crippen molar-refractivity contribution in [2.75, 3.05) is 13.1 Å². The molecule has 1 saturated carbocycles. The van der Waals surface area contributed by atoms with Crippen molar-refractivity contribution in [1.82, 2.24) is 15.8 Å². The van der Waals surface area contributed by atoms with Gasteiger partial charge in [-0.1, -0.05) is 55.1 Å². The van der Waals surface area contributed by atoms with Crippen molar-refractivity contribution in [3.05, 3.63) is 69.2 Å². The van der Waals surface area contributed by atoms with Gasteiger partial charge in [-0.2, -0.15) is 0 Å². The van der Waals surface area contributed by atoms with Crippen LogP contribution in [0.5, 0.6) is 0 Å². The second-order valence-electron chi connectivity index (χ2n) is 12.9. The van der Waals surface area contributed by atoms with E-state index in [2.05, 4.69) is 10.7 Å². The van der Waals surface area contributed by atoms with Crippen LogP contribution in [-0.4, -0.2) is 54.0 Å². The molecule has 2 aromatic rings. The van der Waals surface area contributed by atoms with E-state index in [1.807, 2.05) is 20.8 Å². The molecular formula is C31H42ClN5O6S. The van der Waals surface area contributed by atoms with E-state index < -0.39 is 53.5 Å². The first-order chi connectivity index (χ1) is 20.7. The maximum Gasteiger partial charge on any atom is 0.287 e. The minimum absolute atomic E-state index is 0.0180. The SMILES string of the molecule is CC(C)(C)NC(=O)C1(C2CCCCC2)CCN(NC(=O)[C@@H](C(N)c2ccc(Cl)cc2)S(=O)(=O)c2ccccc2[N+](=O)[O-])CC1. The third kappa shape index (κ3) is 7.42. The van der Waals surface area contributed by atoms with E-state index in [0.29, 0.717) is 36.5 Å². The Morgan fingerprint density at radius 1 is 1.05 bits per heavy atom. The second kappa shape index (κ2) is 13.5. The maximum absolute atomic E-state index is 14.0. The van der Waals surface area contributed by atoms with Crippen molar-refractivity contribution < 1.29 is 22.9 Å². The highest BCUT2D eigenvalue weighted by Gasteiger charge is 2.49. The first-order valence-corrected chi connectivity index (χ1v) is 16.9. The number of hydrogen-bond acceptors (Lipinski definition) is 8. The topological polar surface area (TPSA) is 165 Å². The molecule has 4 rings (SSSR count). The number of carbonyl (C=O) groups excluding carboxylic acids is 2. The predicted octanol–water partition coefficient (Wildman–Crippen LogP) is 4.70. The van der Waals surface area contributed by atoms with Gasteiger partial charge >= 0.3 is 0 Å². The number of halogens is 1. The monoisotopic (exact) mass is 647 g/mol. The Hall–Kier alpha value is -3.06. The van der Waals surface area contributed by atoms with E-state index in [-0.39, 0.29) is 11.8 Å². The fraction of sp³-hybridized carbons (Fsp3) is 0.548. The van der Waals surface area contributed by atoms with Crippen LogP contribution < -0.4 is 16.5 Å². The van der Waals surface area contributed by atoms with Crippen LogP contribution in [0, 0.1) is 21.4 Å². The Morgan fingerprint density at radius 2 is 1.64 bits per heavy atom. The number of nitro benzene ring substituents is 1. The van der Waals surface area contributed by atoms with Crippen molar-refractivity contribution in [2.24, 2.45) is 17.1 Å². The van der Waals surface area contributed by atoms with Crippen LogP contribution in [0.4, 0.5) is 5.69 Å². The Morgan fingerprint density at radius 3 is 2.20 bits per heavy atom. The highest BCUT2D eigenvalue weighted by molar-refractivity contribution is 7.93. The van der Waals surface area contributed by atoms with Gasteiger partial charge in [-0.25, -0.2) is 13.4 Å². The molecule has 2 atom stereocenters. The quantitative estimate of drug-likeness (QED) is 0.260. The molecule has 1 aliphatic carbocycles. The molecule has 0 aromatic heterocycles. The third-order valence-corrected chi connectivity index (χ3v) is 11.2. The summed E-state index contributed by atoms with van der Waals surface area (Å²) in [6.45, 7) is 6.52. The highest BCUT2D eigenvalue weighted by Crippen LogP contribution is 2.46. The summed E-state index contributed by atoms with van der Waals surface area (Å²) in [5.41, 5.74) is 7.89. The van der Waals surface area contributed by atoms with Gasteiger partial charge in [0.1, 0.15) is 4.90 Å². The molecule has 240 valence electrons. The van der Waals surface area contributed by atoms with Gasteiger partial charge in [-0.15, -0.1) is 0 Å². The molecule has 2 aromatic carbocycles. The lowest BCUT2D eigenvalue weighted by atomic mass is 9.63. The fourth-order valence-electron chi connectivity index (χ4n) is 6.52.